The largest absolute Gasteiger partial charge is 0.481 e. The van der Waals surface area contributed by atoms with E-state index in [2.05, 4.69) is 10.6 Å². The highest BCUT2D eigenvalue weighted by Crippen LogP contribution is 2.08. The lowest BCUT2D eigenvalue weighted by molar-refractivity contribution is -0.137. The van der Waals surface area contributed by atoms with Crippen LogP contribution in [-0.4, -0.2) is 23.1 Å². The number of carbonyl (C=O) groups excluding carboxylic acids is 1. The van der Waals surface area contributed by atoms with Crippen molar-refractivity contribution in [3.63, 3.8) is 0 Å². The molecule has 1 unspecified atom stereocenters. The number of benzene rings is 1. The van der Waals surface area contributed by atoms with Crippen molar-refractivity contribution in [3.05, 3.63) is 30.1 Å². The molecule has 104 valence electrons. The number of carbonyl (C=O) groups is 2. The molecule has 1 aromatic carbocycles. The number of hydrogen-bond donors (Lipinski definition) is 3. The molecule has 0 aliphatic heterocycles. The standard InChI is InChI=1S/C13H17FN2O3/c1-2-3-11(8-12(17)18)16-13(19)15-10-6-4-9(14)5-7-10/h4-7,11H,2-3,8H2,1H3,(H,17,18)(H2,15,16,19). The normalized spacial score (nSPS) is 11.7. The molecular weight excluding hydrogens is 251 g/mol. The average molecular weight is 268 g/mol. The summed E-state index contributed by atoms with van der Waals surface area (Å²) in [6, 6.07) is 4.42. The quantitative estimate of drug-likeness (QED) is 0.742. The summed E-state index contributed by atoms with van der Waals surface area (Å²) in [6.07, 6.45) is 1.24. The first-order chi connectivity index (χ1) is 9.01. The Kier molecular flexibility index (Phi) is 5.78. The summed E-state index contributed by atoms with van der Waals surface area (Å²) >= 11 is 0. The van der Waals surface area contributed by atoms with E-state index in [0.717, 1.165) is 6.42 Å². The second kappa shape index (κ2) is 7.35. The Hall–Kier alpha value is -2.11. The highest BCUT2D eigenvalue weighted by atomic mass is 19.1. The van der Waals surface area contributed by atoms with E-state index >= 15 is 0 Å². The third kappa shape index (κ3) is 5.85. The van der Waals surface area contributed by atoms with Gasteiger partial charge in [-0.2, -0.15) is 0 Å². The molecule has 0 bridgehead atoms. The van der Waals surface area contributed by atoms with Crippen molar-refractivity contribution in [2.24, 2.45) is 0 Å². The van der Waals surface area contributed by atoms with Crippen molar-refractivity contribution in [2.45, 2.75) is 32.2 Å². The number of rotatable bonds is 6. The van der Waals surface area contributed by atoms with Crippen molar-refractivity contribution < 1.29 is 19.1 Å². The SMILES string of the molecule is CCCC(CC(=O)O)NC(=O)Nc1ccc(F)cc1. The highest BCUT2D eigenvalue weighted by molar-refractivity contribution is 5.89. The second-order valence-electron chi connectivity index (χ2n) is 4.19. The monoisotopic (exact) mass is 268 g/mol. The predicted octanol–water partition coefficient (Wildman–Crippen LogP) is 2.59. The van der Waals surface area contributed by atoms with E-state index in [4.69, 9.17) is 5.11 Å². The molecule has 0 aliphatic carbocycles. The summed E-state index contributed by atoms with van der Waals surface area (Å²) in [4.78, 5) is 22.3. The van der Waals surface area contributed by atoms with Gasteiger partial charge in [-0.05, 0) is 30.7 Å². The number of amides is 2. The summed E-state index contributed by atoms with van der Waals surface area (Å²) in [7, 11) is 0. The molecule has 1 aromatic rings. The van der Waals surface area contributed by atoms with Crippen LogP contribution < -0.4 is 10.6 Å². The molecule has 3 N–H and O–H groups in total. The van der Waals surface area contributed by atoms with Crippen LogP contribution >= 0.6 is 0 Å². The van der Waals surface area contributed by atoms with Gasteiger partial charge in [0.2, 0.25) is 0 Å². The van der Waals surface area contributed by atoms with Gasteiger partial charge in [0.05, 0.1) is 6.42 Å². The Morgan fingerprint density at radius 3 is 2.47 bits per heavy atom. The van der Waals surface area contributed by atoms with Crippen LogP contribution in [0.5, 0.6) is 0 Å². The Balaban J connectivity index is 2.52. The summed E-state index contributed by atoms with van der Waals surface area (Å²) in [5.74, 6) is -1.35. The molecule has 1 atom stereocenters. The molecule has 0 saturated heterocycles. The van der Waals surface area contributed by atoms with Crippen LogP contribution in [0.3, 0.4) is 0 Å². The maximum atomic E-state index is 12.7. The predicted molar refractivity (Wildman–Crippen MR) is 69.5 cm³/mol. The molecule has 19 heavy (non-hydrogen) atoms. The highest BCUT2D eigenvalue weighted by Gasteiger charge is 2.15. The van der Waals surface area contributed by atoms with Crippen LogP contribution in [-0.2, 0) is 4.79 Å². The van der Waals surface area contributed by atoms with Gasteiger partial charge in [0.15, 0.2) is 0 Å². The van der Waals surface area contributed by atoms with E-state index in [9.17, 15) is 14.0 Å². The van der Waals surface area contributed by atoms with Crippen molar-refractivity contribution in [2.75, 3.05) is 5.32 Å². The molecule has 2 amide bonds. The van der Waals surface area contributed by atoms with Crippen molar-refractivity contribution >= 4 is 17.7 Å². The van der Waals surface area contributed by atoms with E-state index < -0.39 is 18.0 Å². The summed E-state index contributed by atoms with van der Waals surface area (Å²) in [5, 5.41) is 13.8. The van der Waals surface area contributed by atoms with Gasteiger partial charge in [0, 0.05) is 11.7 Å². The first-order valence-electron chi connectivity index (χ1n) is 6.06. The molecular formula is C13H17FN2O3. The van der Waals surface area contributed by atoms with Gasteiger partial charge >= 0.3 is 12.0 Å². The lowest BCUT2D eigenvalue weighted by Gasteiger charge is -2.16. The minimum absolute atomic E-state index is 0.120. The lowest BCUT2D eigenvalue weighted by atomic mass is 10.1. The number of carboxylic acids is 1. The Labute approximate surface area is 110 Å². The fourth-order valence-corrected chi connectivity index (χ4v) is 1.67. The first-order valence-corrected chi connectivity index (χ1v) is 6.06. The molecule has 0 aliphatic rings. The van der Waals surface area contributed by atoms with E-state index in [0.29, 0.717) is 12.1 Å². The Bertz CT molecular complexity index is 434. The smallest absolute Gasteiger partial charge is 0.319 e. The Morgan fingerprint density at radius 2 is 1.95 bits per heavy atom. The number of halogens is 1. The number of hydrogen-bond acceptors (Lipinski definition) is 2. The van der Waals surface area contributed by atoms with Crippen LogP contribution in [0.2, 0.25) is 0 Å². The fourth-order valence-electron chi connectivity index (χ4n) is 1.67. The third-order valence-electron chi connectivity index (χ3n) is 2.50. The topological polar surface area (TPSA) is 78.4 Å². The van der Waals surface area contributed by atoms with E-state index in [-0.39, 0.29) is 12.2 Å². The number of nitrogens with one attached hydrogen (secondary N) is 2. The summed E-state index contributed by atoms with van der Waals surface area (Å²) in [5.41, 5.74) is 0.449. The van der Waals surface area contributed by atoms with Crippen molar-refractivity contribution in [1.82, 2.24) is 5.32 Å². The molecule has 0 fully saturated rings. The fraction of sp³-hybridized carbons (Fsp3) is 0.385. The maximum absolute atomic E-state index is 12.7. The minimum Gasteiger partial charge on any atom is -0.481 e. The van der Waals surface area contributed by atoms with E-state index in [1.807, 2.05) is 6.92 Å². The van der Waals surface area contributed by atoms with Crippen LogP contribution in [0.4, 0.5) is 14.9 Å². The van der Waals surface area contributed by atoms with Gasteiger partial charge in [-0.3, -0.25) is 4.79 Å². The number of anilines is 1. The molecule has 0 spiro atoms. The van der Waals surface area contributed by atoms with Gasteiger partial charge < -0.3 is 15.7 Å². The van der Waals surface area contributed by atoms with Crippen molar-refractivity contribution in [1.29, 1.82) is 0 Å². The molecule has 0 heterocycles. The van der Waals surface area contributed by atoms with E-state index in [1.54, 1.807) is 0 Å². The van der Waals surface area contributed by atoms with Crippen LogP contribution in [0.15, 0.2) is 24.3 Å². The zero-order chi connectivity index (χ0) is 14.3. The molecule has 0 saturated carbocycles. The molecule has 0 radical (unpaired) electrons. The maximum Gasteiger partial charge on any atom is 0.319 e. The second-order valence-corrected chi connectivity index (χ2v) is 4.19. The number of carboxylic acid groups (broad SMARTS) is 1. The summed E-state index contributed by atoms with van der Waals surface area (Å²) in [6.45, 7) is 1.91. The Morgan fingerprint density at radius 1 is 1.32 bits per heavy atom. The lowest BCUT2D eigenvalue weighted by Crippen LogP contribution is -2.39. The van der Waals surface area contributed by atoms with Gasteiger partial charge in [0.25, 0.3) is 0 Å². The van der Waals surface area contributed by atoms with Gasteiger partial charge in [-0.25, -0.2) is 9.18 Å². The van der Waals surface area contributed by atoms with Gasteiger partial charge in [0.1, 0.15) is 5.82 Å². The third-order valence-corrected chi connectivity index (χ3v) is 2.50. The number of aliphatic carboxylic acids is 1. The van der Waals surface area contributed by atoms with Crippen LogP contribution in [0.1, 0.15) is 26.2 Å². The first kappa shape index (κ1) is 14.9. The average Bonchev–Trinajstić information content (AvgIpc) is 2.31. The number of urea groups is 1. The molecule has 6 heteroatoms. The molecule has 5 nitrogen and oxygen atoms in total. The van der Waals surface area contributed by atoms with Gasteiger partial charge in [-0.1, -0.05) is 13.3 Å². The minimum atomic E-state index is -0.958. The van der Waals surface area contributed by atoms with E-state index in [1.165, 1.54) is 24.3 Å². The van der Waals surface area contributed by atoms with Crippen LogP contribution in [0.25, 0.3) is 0 Å². The zero-order valence-electron chi connectivity index (χ0n) is 10.6. The zero-order valence-corrected chi connectivity index (χ0v) is 10.6. The van der Waals surface area contributed by atoms with Crippen molar-refractivity contribution in [3.8, 4) is 0 Å². The molecule has 1 rings (SSSR count). The van der Waals surface area contributed by atoms with Crippen LogP contribution in [0, 0.1) is 5.82 Å². The van der Waals surface area contributed by atoms with Gasteiger partial charge in [-0.15, -0.1) is 0 Å². The summed E-state index contributed by atoms with van der Waals surface area (Å²) < 4.78 is 12.7. The molecule has 0 aromatic heterocycles.